The molecule has 0 saturated carbocycles. The van der Waals surface area contributed by atoms with Crippen molar-refractivity contribution >= 4 is 21.6 Å². The topological polar surface area (TPSA) is 37.4 Å². The van der Waals surface area contributed by atoms with Gasteiger partial charge in [-0.1, -0.05) is 30.7 Å². The predicted molar refractivity (Wildman–Crippen MR) is 74.0 cm³/mol. The van der Waals surface area contributed by atoms with E-state index in [0.29, 0.717) is 24.0 Å². The summed E-state index contributed by atoms with van der Waals surface area (Å²) in [5, 5.41) is 0.578. The maximum absolute atomic E-state index is 12.3. The zero-order chi connectivity index (χ0) is 13.2. The summed E-state index contributed by atoms with van der Waals surface area (Å²) in [4.78, 5) is 0. The average molecular weight is 288 g/mol. The molecule has 0 bridgehead atoms. The summed E-state index contributed by atoms with van der Waals surface area (Å²) in [5.74, 6) is 0.494. The van der Waals surface area contributed by atoms with Gasteiger partial charge in [-0.15, -0.1) is 0 Å². The van der Waals surface area contributed by atoms with E-state index in [0.717, 1.165) is 18.4 Å². The van der Waals surface area contributed by atoms with Gasteiger partial charge in [-0.25, -0.2) is 12.7 Å². The first-order valence-electron chi connectivity index (χ1n) is 6.19. The molecule has 1 aromatic carbocycles. The van der Waals surface area contributed by atoms with E-state index < -0.39 is 10.0 Å². The first kappa shape index (κ1) is 13.8. The van der Waals surface area contributed by atoms with Gasteiger partial charge in [0, 0.05) is 18.1 Å². The lowest BCUT2D eigenvalue weighted by Gasteiger charge is -2.30. The van der Waals surface area contributed by atoms with Gasteiger partial charge in [-0.05, 0) is 36.5 Å². The van der Waals surface area contributed by atoms with E-state index in [1.54, 1.807) is 28.6 Å². The van der Waals surface area contributed by atoms with Crippen molar-refractivity contribution in [2.24, 2.45) is 5.92 Å². The molecule has 1 heterocycles. The molecule has 18 heavy (non-hydrogen) atoms. The largest absolute Gasteiger partial charge is 0.218 e. The Hall–Kier alpha value is -0.580. The van der Waals surface area contributed by atoms with Crippen LogP contribution in [0.5, 0.6) is 0 Å². The Morgan fingerprint density at radius 3 is 2.89 bits per heavy atom. The van der Waals surface area contributed by atoms with Gasteiger partial charge in [0.15, 0.2) is 0 Å². The summed E-state index contributed by atoms with van der Waals surface area (Å²) in [7, 11) is -3.21. The van der Waals surface area contributed by atoms with Gasteiger partial charge in [0.2, 0.25) is 10.0 Å². The molecule has 3 nitrogen and oxygen atoms in total. The average Bonchev–Trinajstić information content (AvgIpc) is 2.28. The van der Waals surface area contributed by atoms with Crippen molar-refractivity contribution in [3.8, 4) is 0 Å². The van der Waals surface area contributed by atoms with Crippen LogP contribution in [0, 0.1) is 5.92 Å². The second-order valence-corrected chi connectivity index (χ2v) is 7.40. The minimum absolute atomic E-state index is 0.0419. The third-order valence-electron chi connectivity index (χ3n) is 3.25. The van der Waals surface area contributed by atoms with E-state index in [1.807, 2.05) is 0 Å². The van der Waals surface area contributed by atoms with Gasteiger partial charge in [0.25, 0.3) is 0 Å². The van der Waals surface area contributed by atoms with Crippen LogP contribution in [0.1, 0.15) is 25.3 Å². The van der Waals surface area contributed by atoms with Crippen molar-refractivity contribution in [2.45, 2.75) is 25.5 Å². The normalized spacial score (nSPS) is 22.0. The zero-order valence-electron chi connectivity index (χ0n) is 10.5. The van der Waals surface area contributed by atoms with Crippen LogP contribution in [0.4, 0.5) is 0 Å². The summed E-state index contributed by atoms with van der Waals surface area (Å²) in [6.45, 7) is 3.39. The summed E-state index contributed by atoms with van der Waals surface area (Å²) in [6.07, 6.45) is 2.07. The van der Waals surface area contributed by atoms with Crippen LogP contribution in [0.2, 0.25) is 5.02 Å². The second-order valence-electron chi connectivity index (χ2n) is 4.99. The Labute approximate surface area is 114 Å². The molecule has 1 saturated heterocycles. The highest BCUT2D eigenvalue weighted by Crippen LogP contribution is 2.21. The van der Waals surface area contributed by atoms with Gasteiger partial charge in [0.1, 0.15) is 0 Å². The summed E-state index contributed by atoms with van der Waals surface area (Å²) in [5.41, 5.74) is 0.751. The maximum atomic E-state index is 12.3. The molecule has 1 fully saturated rings. The second kappa shape index (κ2) is 5.59. The van der Waals surface area contributed by atoms with Crippen molar-refractivity contribution in [3.05, 3.63) is 34.9 Å². The van der Waals surface area contributed by atoms with Gasteiger partial charge >= 0.3 is 0 Å². The summed E-state index contributed by atoms with van der Waals surface area (Å²) in [6, 6.07) is 7.05. The van der Waals surface area contributed by atoms with E-state index in [-0.39, 0.29) is 5.75 Å². The van der Waals surface area contributed by atoms with Crippen molar-refractivity contribution < 1.29 is 8.42 Å². The number of hydrogen-bond acceptors (Lipinski definition) is 2. The highest BCUT2D eigenvalue weighted by molar-refractivity contribution is 7.88. The molecule has 0 aromatic heterocycles. The van der Waals surface area contributed by atoms with Gasteiger partial charge in [-0.3, -0.25) is 0 Å². The first-order chi connectivity index (χ1) is 8.47. The molecule has 5 heteroatoms. The van der Waals surface area contributed by atoms with Gasteiger partial charge < -0.3 is 0 Å². The highest BCUT2D eigenvalue weighted by Gasteiger charge is 2.27. The van der Waals surface area contributed by atoms with Crippen LogP contribution in [0.15, 0.2) is 24.3 Å². The van der Waals surface area contributed by atoms with Crippen molar-refractivity contribution in [2.75, 3.05) is 13.1 Å². The fraction of sp³-hybridized carbons (Fsp3) is 0.538. The highest BCUT2D eigenvalue weighted by atomic mass is 35.5. The minimum atomic E-state index is -3.21. The molecule has 2 rings (SSSR count). The molecule has 0 amide bonds. The molecule has 1 aliphatic heterocycles. The molecule has 0 aliphatic carbocycles. The van der Waals surface area contributed by atoms with Crippen molar-refractivity contribution in [1.82, 2.24) is 4.31 Å². The van der Waals surface area contributed by atoms with Crippen LogP contribution in [-0.2, 0) is 15.8 Å². The molecule has 0 unspecified atom stereocenters. The molecule has 0 radical (unpaired) electrons. The first-order valence-corrected chi connectivity index (χ1v) is 8.18. The molecule has 100 valence electrons. The molecule has 1 aromatic rings. The van der Waals surface area contributed by atoms with Crippen molar-refractivity contribution in [3.63, 3.8) is 0 Å². The Kier molecular flexibility index (Phi) is 4.30. The van der Waals surface area contributed by atoms with Crippen LogP contribution < -0.4 is 0 Å². The summed E-state index contributed by atoms with van der Waals surface area (Å²) >= 11 is 5.87. The molecule has 0 spiro atoms. The fourth-order valence-corrected chi connectivity index (χ4v) is 4.21. The van der Waals surface area contributed by atoms with Crippen LogP contribution in [0.25, 0.3) is 0 Å². The van der Waals surface area contributed by atoms with Crippen LogP contribution in [-0.4, -0.2) is 25.8 Å². The van der Waals surface area contributed by atoms with Crippen LogP contribution in [0.3, 0.4) is 0 Å². The molecular weight excluding hydrogens is 270 g/mol. The Bertz CT molecular complexity index is 515. The van der Waals surface area contributed by atoms with Crippen LogP contribution >= 0.6 is 11.6 Å². The Balaban J connectivity index is 2.11. The maximum Gasteiger partial charge on any atom is 0.218 e. The van der Waals surface area contributed by atoms with E-state index in [1.165, 1.54) is 0 Å². The van der Waals surface area contributed by atoms with E-state index >= 15 is 0 Å². The van der Waals surface area contributed by atoms with E-state index in [9.17, 15) is 8.42 Å². The number of halogens is 1. The fourth-order valence-electron chi connectivity index (χ4n) is 2.33. The molecular formula is C13H18ClNO2S. The third-order valence-corrected chi connectivity index (χ3v) is 5.30. The van der Waals surface area contributed by atoms with E-state index in [2.05, 4.69) is 6.92 Å². The quantitative estimate of drug-likeness (QED) is 0.857. The molecule has 0 N–H and O–H groups in total. The lowest BCUT2D eigenvalue weighted by atomic mass is 10.0. The lowest BCUT2D eigenvalue weighted by molar-refractivity contribution is 0.281. The SMILES string of the molecule is C[C@@H]1CCCN(S(=O)(=O)Cc2cccc(Cl)c2)C1. The molecule has 1 aliphatic rings. The number of sulfonamides is 1. The smallest absolute Gasteiger partial charge is 0.212 e. The number of rotatable bonds is 3. The Morgan fingerprint density at radius 2 is 2.22 bits per heavy atom. The molecule has 1 atom stereocenters. The monoisotopic (exact) mass is 287 g/mol. The van der Waals surface area contributed by atoms with Gasteiger partial charge in [-0.2, -0.15) is 0 Å². The predicted octanol–water partition coefficient (Wildman–Crippen LogP) is 2.90. The number of nitrogens with zero attached hydrogens (tertiary/aromatic N) is 1. The Morgan fingerprint density at radius 1 is 1.44 bits per heavy atom. The van der Waals surface area contributed by atoms with Crippen molar-refractivity contribution in [1.29, 1.82) is 0 Å². The zero-order valence-corrected chi connectivity index (χ0v) is 12.0. The minimum Gasteiger partial charge on any atom is -0.212 e. The third kappa shape index (κ3) is 3.46. The van der Waals surface area contributed by atoms with Gasteiger partial charge in [0.05, 0.1) is 5.75 Å². The lowest BCUT2D eigenvalue weighted by Crippen LogP contribution is -2.39. The summed E-state index contributed by atoms with van der Waals surface area (Å²) < 4.78 is 26.2. The number of benzene rings is 1. The number of piperidine rings is 1. The number of hydrogen-bond donors (Lipinski definition) is 0. The standard InChI is InChI=1S/C13H18ClNO2S/c1-11-4-3-7-15(9-11)18(16,17)10-12-5-2-6-13(14)8-12/h2,5-6,8,11H,3-4,7,9-10H2,1H3/t11-/m1/s1. The van der Waals surface area contributed by atoms with E-state index in [4.69, 9.17) is 11.6 Å².